The Morgan fingerprint density at radius 3 is 2.88 bits per heavy atom. The van der Waals surface area contributed by atoms with Gasteiger partial charge in [0.2, 0.25) is 5.91 Å². The predicted molar refractivity (Wildman–Crippen MR) is 88.1 cm³/mol. The number of aromatic nitrogens is 1. The summed E-state index contributed by atoms with van der Waals surface area (Å²) in [6, 6.07) is 1.38. The number of aromatic amines is 1. The standard InChI is InChI=1S/C16H20ClN3O4/c1-24-5-4-20-12-3-2-10(16(20)23)8-19(9-12)15(22)11-6-13(17)14(21)18-7-11/h6-7,10,12H,2-5,8-9H2,1H3,(H,18,21)/t10-,12+/m0/s1. The Morgan fingerprint density at radius 2 is 2.17 bits per heavy atom. The summed E-state index contributed by atoms with van der Waals surface area (Å²) in [5.74, 6) is -0.299. The highest BCUT2D eigenvalue weighted by Crippen LogP contribution is 2.29. The number of fused-ring (bicyclic) bond motifs is 4. The molecule has 3 fully saturated rings. The highest BCUT2D eigenvalue weighted by Gasteiger charge is 2.41. The minimum Gasteiger partial charge on any atom is -0.383 e. The van der Waals surface area contributed by atoms with Gasteiger partial charge in [0.05, 0.1) is 18.1 Å². The maximum Gasteiger partial charge on any atom is 0.266 e. The molecule has 24 heavy (non-hydrogen) atoms. The van der Waals surface area contributed by atoms with Crippen LogP contribution < -0.4 is 5.56 Å². The Kier molecular flexibility index (Phi) is 4.91. The molecule has 4 heterocycles. The van der Waals surface area contributed by atoms with E-state index < -0.39 is 5.56 Å². The molecule has 1 aromatic rings. The number of H-pyrrole nitrogens is 1. The Morgan fingerprint density at radius 1 is 1.38 bits per heavy atom. The smallest absolute Gasteiger partial charge is 0.266 e. The van der Waals surface area contributed by atoms with E-state index in [0.29, 0.717) is 31.8 Å². The van der Waals surface area contributed by atoms with Gasteiger partial charge in [-0.3, -0.25) is 14.4 Å². The number of pyridine rings is 1. The van der Waals surface area contributed by atoms with Crippen LogP contribution in [-0.2, 0) is 9.53 Å². The first-order valence-electron chi connectivity index (χ1n) is 7.98. The van der Waals surface area contributed by atoms with Crippen molar-refractivity contribution in [2.24, 2.45) is 5.92 Å². The van der Waals surface area contributed by atoms with Gasteiger partial charge in [0, 0.05) is 39.0 Å². The number of methoxy groups -OCH3 is 1. The van der Waals surface area contributed by atoms with Gasteiger partial charge in [-0.05, 0) is 18.9 Å². The fraction of sp³-hybridized carbons (Fsp3) is 0.562. The molecule has 2 bridgehead atoms. The third kappa shape index (κ3) is 3.18. The number of rotatable bonds is 4. The molecule has 0 unspecified atom stereocenters. The van der Waals surface area contributed by atoms with Crippen LogP contribution in [0.1, 0.15) is 23.2 Å². The number of amides is 2. The fourth-order valence-corrected chi connectivity index (χ4v) is 3.62. The molecule has 2 amide bonds. The van der Waals surface area contributed by atoms with Crippen LogP contribution in [0.5, 0.6) is 0 Å². The van der Waals surface area contributed by atoms with Crippen LogP contribution in [0.15, 0.2) is 17.1 Å². The number of hydrogen-bond acceptors (Lipinski definition) is 4. The van der Waals surface area contributed by atoms with Crippen molar-refractivity contribution >= 4 is 23.4 Å². The number of hydrogen-bond donors (Lipinski definition) is 1. The van der Waals surface area contributed by atoms with Gasteiger partial charge in [-0.15, -0.1) is 0 Å². The molecule has 3 saturated heterocycles. The SMILES string of the molecule is COCCN1C(=O)[C@H]2CC[C@@H]1CN(C(=O)c1c[nH]c(=O)c(Cl)c1)C2. The van der Waals surface area contributed by atoms with Gasteiger partial charge in [0.25, 0.3) is 11.5 Å². The lowest BCUT2D eigenvalue weighted by Crippen LogP contribution is -2.49. The van der Waals surface area contributed by atoms with Crippen molar-refractivity contribution in [3.05, 3.63) is 33.2 Å². The van der Waals surface area contributed by atoms with Crippen LogP contribution in [0.25, 0.3) is 0 Å². The number of ether oxygens (including phenoxy) is 1. The summed E-state index contributed by atoms with van der Waals surface area (Å²) >= 11 is 5.81. The summed E-state index contributed by atoms with van der Waals surface area (Å²) in [5, 5.41) is -0.0172. The average Bonchev–Trinajstić information content (AvgIpc) is 2.86. The Hall–Kier alpha value is -1.86. The van der Waals surface area contributed by atoms with E-state index in [4.69, 9.17) is 16.3 Å². The molecule has 0 radical (unpaired) electrons. The molecule has 0 saturated carbocycles. The average molecular weight is 354 g/mol. The molecule has 3 aliphatic heterocycles. The zero-order valence-corrected chi connectivity index (χ0v) is 14.2. The van der Waals surface area contributed by atoms with Gasteiger partial charge >= 0.3 is 0 Å². The molecular weight excluding hydrogens is 334 g/mol. The summed E-state index contributed by atoms with van der Waals surface area (Å²) < 4.78 is 5.09. The van der Waals surface area contributed by atoms with Gasteiger partial charge < -0.3 is 19.5 Å². The fourth-order valence-electron chi connectivity index (χ4n) is 3.45. The van der Waals surface area contributed by atoms with Crippen LogP contribution >= 0.6 is 11.6 Å². The van der Waals surface area contributed by atoms with Crippen LogP contribution in [0.3, 0.4) is 0 Å². The lowest BCUT2D eigenvalue weighted by atomic mass is 9.94. The lowest BCUT2D eigenvalue weighted by molar-refractivity contribution is -0.140. The molecule has 8 heteroatoms. The maximum absolute atomic E-state index is 12.8. The molecule has 0 aliphatic carbocycles. The van der Waals surface area contributed by atoms with Crippen LogP contribution in [0, 0.1) is 5.92 Å². The molecule has 4 rings (SSSR count). The number of piperidine rings is 1. The zero-order valence-electron chi connectivity index (χ0n) is 13.5. The summed E-state index contributed by atoms with van der Waals surface area (Å²) in [7, 11) is 1.61. The number of carbonyl (C=O) groups excluding carboxylic acids is 2. The van der Waals surface area contributed by atoms with E-state index in [1.165, 1.54) is 12.3 Å². The number of carbonyl (C=O) groups is 2. The molecule has 0 aromatic carbocycles. The molecule has 3 aliphatic rings. The number of nitrogens with zero attached hydrogens (tertiary/aromatic N) is 2. The van der Waals surface area contributed by atoms with Crippen molar-refractivity contribution in [1.82, 2.24) is 14.8 Å². The van der Waals surface area contributed by atoms with Crippen LogP contribution in [0.2, 0.25) is 5.02 Å². The van der Waals surface area contributed by atoms with Crippen molar-refractivity contribution in [2.75, 3.05) is 33.4 Å². The molecule has 7 nitrogen and oxygen atoms in total. The van der Waals surface area contributed by atoms with Gasteiger partial charge in [0.1, 0.15) is 5.02 Å². The third-order valence-electron chi connectivity index (χ3n) is 4.72. The number of halogens is 1. The topological polar surface area (TPSA) is 82.7 Å². The molecule has 0 spiro atoms. The molecule has 1 aromatic heterocycles. The van der Waals surface area contributed by atoms with Gasteiger partial charge in [-0.25, -0.2) is 0 Å². The second-order valence-electron chi connectivity index (χ2n) is 6.23. The normalized spacial score (nSPS) is 23.5. The second kappa shape index (κ2) is 6.94. The summed E-state index contributed by atoms with van der Waals surface area (Å²) in [6.45, 7) is 1.91. The Balaban J connectivity index is 1.80. The third-order valence-corrected chi connectivity index (χ3v) is 5.00. The van der Waals surface area contributed by atoms with Crippen molar-refractivity contribution in [3.63, 3.8) is 0 Å². The zero-order chi connectivity index (χ0) is 17.3. The van der Waals surface area contributed by atoms with Gasteiger partial charge in [-0.1, -0.05) is 11.6 Å². The first kappa shape index (κ1) is 17.0. The van der Waals surface area contributed by atoms with Crippen molar-refractivity contribution < 1.29 is 14.3 Å². The van der Waals surface area contributed by atoms with E-state index in [9.17, 15) is 14.4 Å². The first-order valence-corrected chi connectivity index (χ1v) is 8.36. The van der Waals surface area contributed by atoms with E-state index in [2.05, 4.69) is 4.98 Å². The minimum atomic E-state index is -0.426. The van der Waals surface area contributed by atoms with E-state index in [1.807, 2.05) is 4.90 Å². The summed E-state index contributed by atoms with van der Waals surface area (Å²) in [5.41, 5.74) is -0.0955. The minimum absolute atomic E-state index is 0.00795. The monoisotopic (exact) mass is 353 g/mol. The molecule has 1 N–H and O–H groups in total. The quantitative estimate of drug-likeness (QED) is 0.865. The maximum atomic E-state index is 12.8. The predicted octanol–water partition coefficient (Wildman–Crippen LogP) is 0.738. The van der Waals surface area contributed by atoms with Crippen molar-refractivity contribution in [1.29, 1.82) is 0 Å². The first-order chi connectivity index (χ1) is 11.5. The van der Waals surface area contributed by atoms with E-state index >= 15 is 0 Å². The lowest BCUT2D eigenvalue weighted by Gasteiger charge is -2.35. The van der Waals surface area contributed by atoms with Gasteiger partial charge in [-0.2, -0.15) is 0 Å². The Labute approximate surface area is 144 Å². The molecule has 130 valence electrons. The Bertz CT molecular complexity index is 705. The highest BCUT2D eigenvalue weighted by atomic mass is 35.5. The van der Waals surface area contributed by atoms with E-state index in [1.54, 1.807) is 12.0 Å². The molecule has 2 atom stereocenters. The van der Waals surface area contributed by atoms with E-state index in [0.717, 1.165) is 12.8 Å². The van der Waals surface area contributed by atoms with Crippen molar-refractivity contribution in [2.45, 2.75) is 18.9 Å². The van der Waals surface area contributed by atoms with Crippen LogP contribution in [-0.4, -0.2) is 66.0 Å². The van der Waals surface area contributed by atoms with Crippen molar-refractivity contribution in [3.8, 4) is 0 Å². The van der Waals surface area contributed by atoms with E-state index in [-0.39, 0.29) is 28.8 Å². The summed E-state index contributed by atoms with van der Waals surface area (Å²) in [6.07, 6.45) is 3.05. The van der Waals surface area contributed by atoms with Crippen LogP contribution in [0.4, 0.5) is 0 Å². The van der Waals surface area contributed by atoms with Gasteiger partial charge in [0.15, 0.2) is 0 Å². The second-order valence-corrected chi connectivity index (χ2v) is 6.64. The molecular formula is C16H20ClN3O4. The number of nitrogens with one attached hydrogen (secondary N) is 1. The highest BCUT2D eigenvalue weighted by molar-refractivity contribution is 6.30. The summed E-state index contributed by atoms with van der Waals surface area (Å²) in [4.78, 5) is 42.7. The largest absolute Gasteiger partial charge is 0.383 e.